The van der Waals surface area contributed by atoms with Crippen molar-refractivity contribution >= 4 is 31.6 Å². The number of hydrogen-bond acceptors (Lipinski definition) is 11. The third kappa shape index (κ3) is 9.15. The van der Waals surface area contributed by atoms with Crippen LogP contribution in [0.4, 0.5) is 5.69 Å². The first-order valence-electron chi connectivity index (χ1n) is 16.5. The molecule has 4 atom stereocenters. The summed E-state index contributed by atoms with van der Waals surface area (Å²) < 4.78 is 80.2. The zero-order chi connectivity index (χ0) is 36.8. The van der Waals surface area contributed by atoms with Crippen LogP contribution in [-0.4, -0.2) is 101 Å². The number of ether oxygens (including phenoxy) is 3. The Bertz CT molecular complexity index is 1810. The van der Waals surface area contributed by atoms with Crippen molar-refractivity contribution in [2.45, 2.75) is 81.9 Å². The maximum Gasteiger partial charge on any atom is 0.261 e. The Labute approximate surface area is 294 Å². The third-order valence-electron chi connectivity index (χ3n) is 8.75. The lowest BCUT2D eigenvalue weighted by Gasteiger charge is -2.35. The number of aryl methyl sites for hydroxylation is 2. The number of aromatic nitrogens is 1. The smallest absolute Gasteiger partial charge is 0.261 e. The van der Waals surface area contributed by atoms with Gasteiger partial charge in [0.05, 0.1) is 42.4 Å². The molecular weight excluding hydrogens is 689 g/mol. The Morgan fingerprint density at radius 2 is 1.80 bits per heavy atom. The van der Waals surface area contributed by atoms with E-state index in [-0.39, 0.29) is 64.0 Å². The van der Waals surface area contributed by atoms with Gasteiger partial charge in [-0.1, -0.05) is 12.1 Å². The van der Waals surface area contributed by atoms with Crippen molar-refractivity contribution in [2.24, 2.45) is 5.92 Å². The minimum atomic E-state index is -4.03. The number of carbonyl (C=O) groups excluding carboxylic acids is 1. The van der Waals surface area contributed by atoms with Crippen molar-refractivity contribution in [2.75, 3.05) is 45.2 Å². The lowest BCUT2D eigenvalue weighted by Crippen LogP contribution is -2.48. The molecule has 0 bridgehead atoms. The van der Waals surface area contributed by atoms with Gasteiger partial charge in [0.15, 0.2) is 5.76 Å². The van der Waals surface area contributed by atoms with E-state index in [1.165, 1.54) is 59.8 Å². The number of nitrogens with zero attached hydrogens (tertiary/aromatic N) is 3. The van der Waals surface area contributed by atoms with E-state index in [0.717, 1.165) is 6.42 Å². The molecule has 14 nitrogen and oxygen atoms in total. The first kappa shape index (κ1) is 39.1. The van der Waals surface area contributed by atoms with E-state index in [1.54, 1.807) is 26.8 Å². The van der Waals surface area contributed by atoms with Gasteiger partial charge in [0, 0.05) is 38.3 Å². The minimum absolute atomic E-state index is 0.00302. The summed E-state index contributed by atoms with van der Waals surface area (Å²) in [5, 5.41) is 14.0. The van der Waals surface area contributed by atoms with Gasteiger partial charge in [0.25, 0.3) is 15.9 Å². The number of anilines is 1. The number of benzene rings is 2. The SMILES string of the molecule is COc1ccc(S(=O)(=O)Nc2ccc3c(c2)C(=O)N([C@@H](C)CO)C[C@H](C)[C@@H](CN(C)S(=O)(=O)c2c(C)noc2C)OCCCC[C@H](C)O3)cc1. The van der Waals surface area contributed by atoms with E-state index in [9.17, 15) is 26.7 Å². The van der Waals surface area contributed by atoms with Crippen LogP contribution in [0.3, 0.4) is 0 Å². The van der Waals surface area contributed by atoms with Crippen LogP contribution in [0.25, 0.3) is 0 Å². The number of amides is 1. The highest BCUT2D eigenvalue weighted by Crippen LogP contribution is 2.30. The number of aliphatic hydroxyl groups is 1. The zero-order valence-electron chi connectivity index (χ0n) is 29.6. The average Bonchev–Trinajstić information content (AvgIpc) is 3.43. The number of carbonyl (C=O) groups is 1. The van der Waals surface area contributed by atoms with Gasteiger partial charge in [-0.05, 0) is 89.4 Å². The quantitative estimate of drug-likeness (QED) is 0.305. The van der Waals surface area contributed by atoms with Crippen LogP contribution in [0, 0.1) is 19.8 Å². The van der Waals surface area contributed by atoms with Crippen LogP contribution in [0.2, 0.25) is 0 Å². The van der Waals surface area contributed by atoms with Gasteiger partial charge in [0.1, 0.15) is 22.1 Å². The van der Waals surface area contributed by atoms with Crippen molar-refractivity contribution in [3.05, 3.63) is 59.5 Å². The van der Waals surface area contributed by atoms with Crippen molar-refractivity contribution in [3.63, 3.8) is 0 Å². The molecule has 2 aromatic carbocycles. The van der Waals surface area contributed by atoms with Crippen molar-refractivity contribution in [1.29, 1.82) is 0 Å². The second-order valence-electron chi connectivity index (χ2n) is 12.7. The monoisotopic (exact) mass is 736 g/mol. The standard InChI is InChI=1S/C34H48N4O10S2/c1-22-19-38(23(2)21-39)34(40)30-18-27(36-49(41,42)29-14-12-28(45-7)13-15-29)11-16-31(30)47-24(3)10-8-9-17-46-32(22)20-37(6)50(43,44)33-25(4)35-48-26(33)5/h11-16,18,22-24,32,36,39H,8-10,17,19-21H2,1-7H3/t22-,23-,24-,32+/m0/s1. The second kappa shape index (κ2) is 16.5. The Morgan fingerprint density at radius 3 is 2.42 bits per heavy atom. The molecule has 0 saturated heterocycles. The summed E-state index contributed by atoms with van der Waals surface area (Å²) in [5.74, 6) is 0.0500. The number of sulfonamides is 2. The molecule has 0 aliphatic carbocycles. The first-order valence-corrected chi connectivity index (χ1v) is 19.4. The summed E-state index contributed by atoms with van der Waals surface area (Å²) in [4.78, 5) is 15.9. The van der Waals surface area contributed by atoms with Crippen molar-refractivity contribution in [1.82, 2.24) is 14.4 Å². The van der Waals surface area contributed by atoms with E-state index < -0.39 is 44.0 Å². The molecule has 50 heavy (non-hydrogen) atoms. The summed E-state index contributed by atoms with van der Waals surface area (Å²) in [6.45, 7) is 8.61. The maximum atomic E-state index is 14.4. The molecular formula is C34H48N4O10S2. The van der Waals surface area contributed by atoms with Crippen LogP contribution in [0.15, 0.2) is 56.8 Å². The summed E-state index contributed by atoms with van der Waals surface area (Å²) in [6.07, 6.45) is 1.14. The molecule has 3 aromatic rings. The Morgan fingerprint density at radius 1 is 1.10 bits per heavy atom. The molecule has 4 rings (SSSR count). The average molecular weight is 737 g/mol. The Kier molecular flexibility index (Phi) is 12.9. The van der Waals surface area contributed by atoms with Gasteiger partial charge in [0.2, 0.25) is 10.0 Å². The number of nitrogens with one attached hydrogen (secondary N) is 1. The number of rotatable bonds is 10. The molecule has 0 unspecified atom stereocenters. The summed E-state index contributed by atoms with van der Waals surface area (Å²) in [5.41, 5.74) is 0.498. The zero-order valence-corrected chi connectivity index (χ0v) is 31.2. The largest absolute Gasteiger partial charge is 0.497 e. The number of fused-ring (bicyclic) bond motifs is 1. The molecule has 0 spiro atoms. The highest BCUT2D eigenvalue weighted by Gasteiger charge is 2.34. The van der Waals surface area contributed by atoms with E-state index in [1.807, 2.05) is 13.8 Å². The van der Waals surface area contributed by atoms with Gasteiger partial charge < -0.3 is 28.7 Å². The van der Waals surface area contributed by atoms with Crippen molar-refractivity contribution < 1.29 is 45.5 Å². The highest BCUT2D eigenvalue weighted by atomic mass is 32.2. The van der Waals surface area contributed by atoms with Gasteiger partial charge in [-0.2, -0.15) is 4.31 Å². The number of likely N-dealkylation sites (N-methyl/N-ethyl adjacent to an activating group) is 1. The molecule has 2 heterocycles. The summed E-state index contributed by atoms with van der Waals surface area (Å²) >= 11 is 0. The topological polar surface area (TPSA) is 178 Å². The van der Waals surface area contributed by atoms with Gasteiger partial charge in [-0.25, -0.2) is 16.8 Å². The highest BCUT2D eigenvalue weighted by molar-refractivity contribution is 7.92. The van der Waals surface area contributed by atoms with Crippen LogP contribution >= 0.6 is 0 Å². The third-order valence-corrected chi connectivity index (χ3v) is 12.2. The van der Waals surface area contributed by atoms with Gasteiger partial charge in [-0.15, -0.1) is 0 Å². The van der Waals surface area contributed by atoms with E-state index in [2.05, 4.69) is 9.88 Å². The molecule has 0 saturated carbocycles. The second-order valence-corrected chi connectivity index (χ2v) is 16.4. The lowest BCUT2D eigenvalue weighted by molar-refractivity contribution is -0.00835. The molecule has 2 N–H and O–H groups in total. The molecule has 1 aliphatic rings. The molecule has 0 fully saturated rings. The predicted octanol–water partition coefficient (Wildman–Crippen LogP) is 4.22. The van der Waals surface area contributed by atoms with Crippen LogP contribution in [0.1, 0.15) is 61.8 Å². The first-order chi connectivity index (χ1) is 23.6. The lowest BCUT2D eigenvalue weighted by atomic mass is 10.0. The molecule has 1 aliphatic heterocycles. The van der Waals surface area contributed by atoms with E-state index >= 15 is 0 Å². The minimum Gasteiger partial charge on any atom is -0.497 e. The fourth-order valence-electron chi connectivity index (χ4n) is 5.77. The molecule has 0 radical (unpaired) electrons. The summed E-state index contributed by atoms with van der Waals surface area (Å²) in [6, 6.07) is 9.76. The molecule has 1 aromatic heterocycles. The Balaban J connectivity index is 1.68. The van der Waals surface area contributed by atoms with E-state index in [0.29, 0.717) is 25.2 Å². The molecule has 16 heteroatoms. The molecule has 1 amide bonds. The number of hydrogen-bond donors (Lipinski definition) is 2. The number of aliphatic hydroxyl groups excluding tert-OH is 1. The summed E-state index contributed by atoms with van der Waals surface area (Å²) in [7, 11) is -5.06. The maximum absolute atomic E-state index is 14.4. The fraction of sp³-hybridized carbons (Fsp3) is 0.529. The number of methoxy groups -OCH3 is 1. The van der Waals surface area contributed by atoms with Gasteiger partial charge >= 0.3 is 0 Å². The van der Waals surface area contributed by atoms with Crippen molar-refractivity contribution in [3.8, 4) is 11.5 Å². The van der Waals surface area contributed by atoms with Gasteiger partial charge in [-0.3, -0.25) is 9.52 Å². The van der Waals surface area contributed by atoms with Crippen LogP contribution in [0.5, 0.6) is 11.5 Å². The Hall–Kier alpha value is -3.70. The predicted molar refractivity (Wildman–Crippen MR) is 186 cm³/mol. The van der Waals surface area contributed by atoms with Crippen LogP contribution < -0.4 is 14.2 Å². The normalized spacial score (nSPS) is 20.5. The van der Waals surface area contributed by atoms with E-state index in [4.69, 9.17) is 18.7 Å². The molecule has 276 valence electrons. The fourth-order valence-corrected chi connectivity index (χ4v) is 8.28. The van der Waals surface area contributed by atoms with Crippen LogP contribution in [-0.2, 0) is 24.8 Å².